The van der Waals surface area contributed by atoms with Crippen molar-refractivity contribution in [2.24, 2.45) is 0 Å². The van der Waals surface area contributed by atoms with Gasteiger partial charge in [-0.05, 0) is 38.1 Å². The van der Waals surface area contributed by atoms with Gasteiger partial charge in [0.15, 0.2) is 6.10 Å². The minimum atomic E-state index is -0.644. The fourth-order valence-electron chi connectivity index (χ4n) is 3.24. The average Bonchev–Trinajstić information content (AvgIpc) is 2.68. The third kappa shape index (κ3) is 4.36. The molecule has 1 amide bonds. The molecule has 27 heavy (non-hydrogen) atoms. The van der Waals surface area contributed by atoms with E-state index in [1.165, 1.54) is 12.1 Å². The van der Waals surface area contributed by atoms with Gasteiger partial charge in [0, 0.05) is 43.5 Å². The molecule has 3 rings (SSSR count). The Bertz CT molecular complexity index is 817. The standard InChI is InChI=1S/C20H23N3O4/c1-15-14-18(8-9-19(15)23(25)26)27-16(2)20(24)22-12-10-21(11-13-22)17-6-4-3-5-7-17/h3-9,14,16H,10-13H2,1-2H3/t16-/m1/s1. The van der Waals surface area contributed by atoms with E-state index < -0.39 is 11.0 Å². The third-order valence-electron chi connectivity index (χ3n) is 4.74. The van der Waals surface area contributed by atoms with Crippen LogP contribution < -0.4 is 9.64 Å². The van der Waals surface area contributed by atoms with Crippen LogP contribution in [0.4, 0.5) is 11.4 Å². The lowest BCUT2D eigenvalue weighted by Crippen LogP contribution is -2.52. The SMILES string of the molecule is Cc1cc(O[C@H](C)C(=O)N2CCN(c3ccccc3)CC2)ccc1[N+](=O)[O-]. The van der Waals surface area contributed by atoms with Gasteiger partial charge in [0.2, 0.25) is 0 Å². The van der Waals surface area contributed by atoms with Gasteiger partial charge in [0.25, 0.3) is 11.6 Å². The van der Waals surface area contributed by atoms with Crippen molar-refractivity contribution in [3.05, 3.63) is 64.2 Å². The Balaban J connectivity index is 1.57. The average molecular weight is 369 g/mol. The Hall–Kier alpha value is -3.09. The van der Waals surface area contributed by atoms with Crippen molar-refractivity contribution in [1.82, 2.24) is 4.90 Å². The Kier molecular flexibility index (Phi) is 5.59. The summed E-state index contributed by atoms with van der Waals surface area (Å²) in [6.45, 7) is 6.20. The van der Waals surface area contributed by atoms with E-state index in [9.17, 15) is 14.9 Å². The van der Waals surface area contributed by atoms with Crippen molar-refractivity contribution >= 4 is 17.3 Å². The Labute approximate surface area is 158 Å². The van der Waals surface area contributed by atoms with Gasteiger partial charge in [-0.15, -0.1) is 0 Å². The molecule has 0 bridgehead atoms. The molecule has 0 unspecified atom stereocenters. The number of aryl methyl sites for hydroxylation is 1. The van der Waals surface area contributed by atoms with E-state index in [2.05, 4.69) is 17.0 Å². The first kappa shape index (κ1) is 18.7. The maximum Gasteiger partial charge on any atom is 0.272 e. The summed E-state index contributed by atoms with van der Waals surface area (Å²) in [5, 5.41) is 10.9. The largest absolute Gasteiger partial charge is 0.481 e. The zero-order valence-corrected chi connectivity index (χ0v) is 15.5. The van der Waals surface area contributed by atoms with Crippen LogP contribution in [0.25, 0.3) is 0 Å². The fourth-order valence-corrected chi connectivity index (χ4v) is 3.24. The molecule has 1 aliphatic rings. The number of benzene rings is 2. The Morgan fingerprint density at radius 1 is 1.11 bits per heavy atom. The number of carbonyl (C=O) groups is 1. The number of amides is 1. The molecular formula is C20H23N3O4. The van der Waals surface area contributed by atoms with Crippen molar-refractivity contribution < 1.29 is 14.5 Å². The number of hydrogen-bond acceptors (Lipinski definition) is 5. The monoisotopic (exact) mass is 369 g/mol. The highest BCUT2D eigenvalue weighted by Crippen LogP contribution is 2.24. The molecular weight excluding hydrogens is 346 g/mol. The number of nitro groups is 1. The molecule has 1 atom stereocenters. The second-order valence-corrected chi connectivity index (χ2v) is 6.61. The number of hydrogen-bond donors (Lipinski definition) is 0. The number of ether oxygens (including phenoxy) is 1. The number of nitrogens with zero attached hydrogens (tertiary/aromatic N) is 3. The van der Waals surface area contributed by atoms with Gasteiger partial charge in [-0.1, -0.05) is 18.2 Å². The van der Waals surface area contributed by atoms with Gasteiger partial charge < -0.3 is 14.5 Å². The predicted molar refractivity (Wildman–Crippen MR) is 103 cm³/mol. The van der Waals surface area contributed by atoms with Crippen LogP contribution in [-0.2, 0) is 4.79 Å². The number of rotatable bonds is 5. The lowest BCUT2D eigenvalue weighted by molar-refractivity contribution is -0.385. The summed E-state index contributed by atoms with van der Waals surface area (Å²) >= 11 is 0. The number of piperazine rings is 1. The molecule has 0 saturated carbocycles. The number of para-hydroxylation sites is 1. The zero-order chi connectivity index (χ0) is 19.4. The van der Waals surface area contributed by atoms with Crippen molar-refractivity contribution in [2.75, 3.05) is 31.1 Å². The van der Waals surface area contributed by atoms with Gasteiger partial charge in [0.05, 0.1) is 4.92 Å². The van der Waals surface area contributed by atoms with Gasteiger partial charge in [-0.2, -0.15) is 0 Å². The van der Waals surface area contributed by atoms with Crippen molar-refractivity contribution in [3.8, 4) is 5.75 Å². The second kappa shape index (κ2) is 8.07. The Morgan fingerprint density at radius 2 is 1.78 bits per heavy atom. The predicted octanol–water partition coefficient (Wildman–Crippen LogP) is 3.02. The van der Waals surface area contributed by atoms with E-state index in [1.54, 1.807) is 19.9 Å². The molecule has 0 radical (unpaired) electrons. The minimum Gasteiger partial charge on any atom is -0.481 e. The second-order valence-electron chi connectivity index (χ2n) is 6.61. The van der Waals surface area contributed by atoms with Crippen molar-refractivity contribution in [1.29, 1.82) is 0 Å². The molecule has 1 saturated heterocycles. The molecule has 7 nitrogen and oxygen atoms in total. The van der Waals surface area contributed by atoms with E-state index >= 15 is 0 Å². The number of anilines is 1. The van der Waals surface area contributed by atoms with Crippen LogP contribution in [0.1, 0.15) is 12.5 Å². The molecule has 1 heterocycles. The van der Waals surface area contributed by atoms with E-state index in [0.29, 0.717) is 24.4 Å². The van der Waals surface area contributed by atoms with Crippen LogP contribution in [0.15, 0.2) is 48.5 Å². The molecule has 142 valence electrons. The van der Waals surface area contributed by atoms with Crippen LogP contribution in [0.5, 0.6) is 5.75 Å². The minimum absolute atomic E-state index is 0.0402. The molecule has 7 heteroatoms. The van der Waals surface area contributed by atoms with Crippen molar-refractivity contribution in [2.45, 2.75) is 20.0 Å². The molecule has 1 aliphatic heterocycles. The summed E-state index contributed by atoms with van der Waals surface area (Å²) in [5.74, 6) is 0.389. The summed E-state index contributed by atoms with van der Waals surface area (Å²) < 4.78 is 5.73. The molecule has 0 spiro atoms. The summed E-state index contributed by atoms with van der Waals surface area (Å²) in [4.78, 5) is 27.2. The van der Waals surface area contributed by atoms with E-state index in [-0.39, 0.29) is 11.6 Å². The quantitative estimate of drug-likeness (QED) is 0.598. The molecule has 1 fully saturated rings. The van der Waals surface area contributed by atoms with Crippen LogP contribution in [0, 0.1) is 17.0 Å². The van der Waals surface area contributed by atoms with Crippen LogP contribution >= 0.6 is 0 Å². The first-order chi connectivity index (χ1) is 13.0. The number of carbonyl (C=O) groups excluding carboxylic acids is 1. The van der Waals surface area contributed by atoms with Gasteiger partial charge in [-0.25, -0.2) is 0 Å². The van der Waals surface area contributed by atoms with Crippen LogP contribution in [0.3, 0.4) is 0 Å². The number of nitro benzene ring substituents is 1. The molecule has 0 aromatic heterocycles. The lowest BCUT2D eigenvalue weighted by Gasteiger charge is -2.37. The lowest BCUT2D eigenvalue weighted by atomic mass is 10.2. The highest BCUT2D eigenvalue weighted by atomic mass is 16.6. The first-order valence-corrected chi connectivity index (χ1v) is 8.96. The van der Waals surface area contributed by atoms with Crippen LogP contribution in [-0.4, -0.2) is 48.0 Å². The smallest absolute Gasteiger partial charge is 0.272 e. The molecule has 2 aromatic carbocycles. The van der Waals surface area contributed by atoms with Gasteiger partial charge in [-0.3, -0.25) is 14.9 Å². The summed E-state index contributed by atoms with van der Waals surface area (Å²) in [6.07, 6.45) is -0.644. The third-order valence-corrected chi connectivity index (χ3v) is 4.74. The highest BCUT2D eigenvalue weighted by molar-refractivity contribution is 5.81. The normalized spacial score (nSPS) is 15.3. The maximum absolute atomic E-state index is 12.7. The van der Waals surface area contributed by atoms with Crippen LogP contribution in [0.2, 0.25) is 0 Å². The first-order valence-electron chi connectivity index (χ1n) is 8.96. The summed E-state index contributed by atoms with van der Waals surface area (Å²) in [7, 11) is 0. The van der Waals surface area contributed by atoms with Gasteiger partial charge >= 0.3 is 0 Å². The van der Waals surface area contributed by atoms with Crippen molar-refractivity contribution in [3.63, 3.8) is 0 Å². The fraction of sp³-hybridized carbons (Fsp3) is 0.350. The van der Waals surface area contributed by atoms with E-state index in [1.807, 2.05) is 23.1 Å². The molecule has 0 N–H and O–H groups in total. The Morgan fingerprint density at radius 3 is 2.37 bits per heavy atom. The van der Waals surface area contributed by atoms with E-state index in [4.69, 9.17) is 4.74 Å². The van der Waals surface area contributed by atoms with E-state index in [0.717, 1.165) is 18.8 Å². The maximum atomic E-state index is 12.7. The summed E-state index contributed by atoms with van der Waals surface area (Å²) in [6, 6.07) is 14.7. The molecule has 0 aliphatic carbocycles. The zero-order valence-electron chi connectivity index (χ0n) is 15.5. The van der Waals surface area contributed by atoms with Gasteiger partial charge in [0.1, 0.15) is 5.75 Å². The summed E-state index contributed by atoms with van der Waals surface area (Å²) in [5.41, 5.74) is 1.71. The highest BCUT2D eigenvalue weighted by Gasteiger charge is 2.26. The topological polar surface area (TPSA) is 75.9 Å². The molecule has 2 aromatic rings.